The van der Waals surface area contributed by atoms with Crippen molar-refractivity contribution in [2.24, 2.45) is 5.73 Å². The van der Waals surface area contributed by atoms with Crippen LogP contribution in [0, 0.1) is 0 Å². The van der Waals surface area contributed by atoms with Crippen molar-refractivity contribution in [2.45, 2.75) is 13.1 Å². The Labute approximate surface area is 110 Å². The average molecular weight is 263 g/mol. The van der Waals surface area contributed by atoms with Crippen molar-refractivity contribution in [1.82, 2.24) is 4.90 Å². The molecule has 0 fully saturated rings. The summed E-state index contributed by atoms with van der Waals surface area (Å²) in [5, 5.41) is 0.0763. The third-order valence-corrected chi connectivity index (χ3v) is 3.25. The van der Waals surface area contributed by atoms with Gasteiger partial charge in [0.15, 0.2) is 11.3 Å². The Morgan fingerprint density at radius 3 is 2.61 bits per heavy atom. The topological polar surface area (TPSA) is 66.6 Å². The van der Waals surface area contributed by atoms with Crippen molar-refractivity contribution in [2.75, 3.05) is 11.9 Å². The molecule has 0 saturated carbocycles. The Balaban J connectivity index is 2.54. The van der Waals surface area contributed by atoms with Gasteiger partial charge >= 0.3 is 0 Å². The Hall–Kier alpha value is -1.95. The van der Waals surface area contributed by atoms with Gasteiger partial charge in [-0.25, -0.2) is 0 Å². The van der Waals surface area contributed by atoms with Crippen molar-refractivity contribution in [1.29, 1.82) is 0 Å². The molecule has 1 heterocycles. The van der Waals surface area contributed by atoms with Crippen molar-refractivity contribution in [3.05, 3.63) is 29.8 Å². The van der Waals surface area contributed by atoms with E-state index in [4.69, 9.17) is 18.0 Å². The lowest BCUT2D eigenvalue weighted by Gasteiger charge is -2.30. The molecule has 6 heteroatoms. The fourth-order valence-corrected chi connectivity index (χ4v) is 2.19. The average Bonchev–Trinajstić information content (AvgIpc) is 2.62. The summed E-state index contributed by atoms with van der Waals surface area (Å²) in [6.07, 6.45) is -0.780. The predicted molar refractivity (Wildman–Crippen MR) is 72.3 cm³/mol. The maximum absolute atomic E-state index is 12.3. The first-order valence-electron chi connectivity index (χ1n) is 5.40. The molecule has 1 aromatic rings. The molecule has 0 saturated heterocycles. The zero-order chi connectivity index (χ0) is 13.4. The van der Waals surface area contributed by atoms with E-state index in [1.165, 1.54) is 16.7 Å². The molecule has 1 aliphatic heterocycles. The molecule has 5 nitrogen and oxygen atoms in total. The highest BCUT2D eigenvalue weighted by Gasteiger charge is 2.42. The second-order valence-electron chi connectivity index (χ2n) is 4.09. The highest BCUT2D eigenvalue weighted by atomic mass is 32.1. The monoisotopic (exact) mass is 263 g/mol. The number of nitrogens with two attached hydrogens (primary N) is 1. The summed E-state index contributed by atoms with van der Waals surface area (Å²) in [7, 11) is 1.60. The molecule has 94 valence electrons. The lowest BCUT2D eigenvalue weighted by Crippen LogP contribution is -2.53. The first-order chi connectivity index (χ1) is 8.45. The molecule has 1 atom stereocenters. The number of thiocarbonyl (C=S) groups is 1. The van der Waals surface area contributed by atoms with E-state index in [0.717, 1.165) is 0 Å². The minimum atomic E-state index is -0.780. The quantitative estimate of drug-likeness (QED) is 0.757. The molecule has 2 rings (SSSR count). The number of likely N-dealkylation sites (N-methyl/N-ethyl adjacent to an activating group) is 1. The van der Waals surface area contributed by atoms with E-state index >= 15 is 0 Å². The summed E-state index contributed by atoms with van der Waals surface area (Å²) in [5.41, 5.74) is 6.66. The number of amides is 1. The highest BCUT2D eigenvalue weighted by molar-refractivity contribution is 7.80. The molecular weight excluding hydrogens is 250 g/mol. The van der Waals surface area contributed by atoms with E-state index in [9.17, 15) is 9.59 Å². The molecule has 0 bridgehead atoms. The second kappa shape index (κ2) is 4.38. The van der Waals surface area contributed by atoms with Crippen molar-refractivity contribution in [3.8, 4) is 0 Å². The van der Waals surface area contributed by atoms with Gasteiger partial charge in [-0.1, -0.05) is 12.1 Å². The molecule has 0 unspecified atom stereocenters. The van der Waals surface area contributed by atoms with Crippen molar-refractivity contribution < 1.29 is 9.59 Å². The van der Waals surface area contributed by atoms with E-state index in [0.29, 0.717) is 11.3 Å². The third-order valence-electron chi connectivity index (χ3n) is 2.96. The lowest BCUT2D eigenvalue weighted by atomic mass is 10.1. The number of rotatable bonds is 1. The lowest BCUT2D eigenvalue weighted by molar-refractivity contribution is -0.117. The molecule has 1 amide bonds. The van der Waals surface area contributed by atoms with Gasteiger partial charge in [0, 0.05) is 19.5 Å². The minimum absolute atomic E-state index is 0.0763. The van der Waals surface area contributed by atoms with Gasteiger partial charge in [0.1, 0.15) is 0 Å². The standard InChI is InChI=1S/C12H13N3O2S/c1-7(16)15-9-6-4-3-5-8(9)10(17)11(15)14(2)12(13)18/h3-6,11H,1-2H3,(H2,13,18)/t11-/m0/s1. The van der Waals surface area contributed by atoms with E-state index in [2.05, 4.69) is 0 Å². The van der Waals surface area contributed by atoms with Gasteiger partial charge in [-0.15, -0.1) is 0 Å². The summed E-state index contributed by atoms with van der Waals surface area (Å²) in [6, 6.07) is 6.98. The van der Waals surface area contributed by atoms with Crippen LogP contribution < -0.4 is 10.6 Å². The van der Waals surface area contributed by atoms with Crippen LogP contribution >= 0.6 is 12.2 Å². The van der Waals surface area contributed by atoms with Crippen LogP contribution in [0.25, 0.3) is 0 Å². The summed E-state index contributed by atoms with van der Waals surface area (Å²) in [5.74, 6) is -0.391. The van der Waals surface area contributed by atoms with Crippen LogP contribution in [-0.4, -0.2) is 34.9 Å². The molecule has 0 aliphatic carbocycles. The molecule has 0 radical (unpaired) electrons. The molecular formula is C12H13N3O2S. The van der Waals surface area contributed by atoms with Crippen molar-refractivity contribution >= 4 is 34.7 Å². The second-order valence-corrected chi connectivity index (χ2v) is 4.51. The molecule has 1 aromatic carbocycles. The number of carbonyl (C=O) groups excluding carboxylic acids is 2. The molecule has 0 aromatic heterocycles. The van der Waals surface area contributed by atoms with Crippen LogP contribution in [0.15, 0.2) is 24.3 Å². The molecule has 18 heavy (non-hydrogen) atoms. The van der Waals surface area contributed by atoms with E-state index in [1.807, 2.05) is 0 Å². The number of ketones is 1. The number of Topliss-reactive ketones (excluding diaryl/α,β-unsaturated/α-hetero) is 1. The minimum Gasteiger partial charge on any atom is -0.376 e. The van der Waals surface area contributed by atoms with Crippen LogP contribution in [0.2, 0.25) is 0 Å². The maximum atomic E-state index is 12.3. The zero-order valence-corrected chi connectivity index (χ0v) is 10.9. The van der Waals surface area contributed by atoms with Crippen LogP contribution in [0.5, 0.6) is 0 Å². The van der Waals surface area contributed by atoms with E-state index < -0.39 is 6.17 Å². The van der Waals surface area contributed by atoms with Crippen LogP contribution in [0.1, 0.15) is 17.3 Å². The molecule has 2 N–H and O–H groups in total. The summed E-state index contributed by atoms with van der Waals surface area (Å²) in [6.45, 7) is 1.41. The van der Waals surface area contributed by atoms with Gasteiger partial charge in [-0.05, 0) is 24.4 Å². The zero-order valence-electron chi connectivity index (χ0n) is 10.1. The van der Waals surface area contributed by atoms with Crippen LogP contribution in [0.3, 0.4) is 0 Å². The van der Waals surface area contributed by atoms with Crippen LogP contribution in [-0.2, 0) is 4.79 Å². The van der Waals surface area contributed by atoms with Gasteiger partial charge in [0.25, 0.3) is 0 Å². The Morgan fingerprint density at radius 2 is 2.06 bits per heavy atom. The Morgan fingerprint density at radius 1 is 1.44 bits per heavy atom. The van der Waals surface area contributed by atoms with Crippen LogP contribution in [0.4, 0.5) is 5.69 Å². The highest BCUT2D eigenvalue weighted by Crippen LogP contribution is 2.33. The fraction of sp³-hybridized carbons (Fsp3) is 0.250. The largest absolute Gasteiger partial charge is 0.376 e. The predicted octanol–water partition coefficient (Wildman–Crippen LogP) is 0.737. The van der Waals surface area contributed by atoms with Gasteiger partial charge in [0.2, 0.25) is 11.7 Å². The number of fused-ring (bicyclic) bond motifs is 1. The van der Waals surface area contributed by atoms with Gasteiger partial charge < -0.3 is 10.6 Å². The first-order valence-corrected chi connectivity index (χ1v) is 5.81. The number of benzene rings is 1. The van der Waals surface area contributed by atoms with Gasteiger partial charge in [-0.2, -0.15) is 0 Å². The number of nitrogens with zero attached hydrogens (tertiary/aromatic N) is 2. The number of hydrogen-bond donors (Lipinski definition) is 1. The smallest absolute Gasteiger partial charge is 0.225 e. The van der Waals surface area contributed by atoms with Gasteiger partial charge in [0.05, 0.1) is 5.69 Å². The molecule has 1 aliphatic rings. The summed E-state index contributed by atoms with van der Waals surface area (Å²) >= 11 is 4.87. The van der Waals surface area contributed by atoms with Crippen molar-refractivity contribution in [3.63, 3.8) is 0 Å². The SMILES string of the molecule is CC(=O)N1c2ccccc2C(=O)[C@H]1N(C)C(N)=S. The Kier molecular flexibility index (Phi) is 3.04. The number of para-hydroxylation sites is 1. The maximum Gasteiger partial charge on any atom is 0.225 e. The van der Waals surface area contributed by atoms with E-state index in [1.54, 1.807) is 31.3 Å². The molecule has 0 spiro atoms. The third kappa shape index (κ3) is 1.74. The summed E-state index contributed by atoms with van der Waals surface area (Å²) < 4.78 is 0. The number of hydrogen-bond acceptors (Lipinski definition) is 3. The Bertz CT molecular complexity index is 544. The normalized spacial score (nSPS) is 17.6. The van der Waals surface area contributed by atoms with E-state index in [-0.39, 0.29) is 16.8 Å². The summed E-state index contributed by atoms with van der Waals surface area (Å²) in [4.78, 5) is 26.9. The van der Waals surface area contributed by atoms with Gasteiger partial charge in [-0.3, -0.25) is 14.5 Å². The first kappa shape index (κ1) is 12.5. The number of carbonyl (C=O) groups is 2. The number of anilines is 1. The fourth-order valence-electron chi connectivity index (χ4n) is 2.09.